The third-order valence-corrected chi connectivity index (χ3v) is 5.00. The van der Waals surface area contributed by atoms with Gasteiger partial charge < -0.3 is 15.2 Å². The van der Waals surface area contributed by atoms with Crippen LogP contribution in [0.4, 0.5) is 0 Å². The quantitative estimate of drug-likeness (QED) is 0.571. The lowest BCUT2D eigenvalue weighted by molar-refractivity contribution is -0.116. The van der Waals surface area contributed by atoms with Gasteiger partial charge in [0.15, 0.2) is 0 Å². The Labute approximate surface area is 175 Å². The zero-order valence-corrected chi connectivity index (χ0v) is 16.6. The van der Waals surface area contributed by atoms with Crippen molar-refractivity contribution in [3.8, 4) is 0 Å². The van der Waals surface area contributed by atoms with Crippen molar-refractivity contribution in [2.24, 2.45) is 0 Å². The van der Waals surface area contributed by atoms with Gasteiger partial charge in [0.25, 0.3) is 5.91 Å². The normalized spacial score (nSPS) is 13.3. The highest BCUT2D eigenvalue weighted by molar-refractivity contribution is 5.95. The third-order valence-electron chi connectivity index (χ3n) is 5.00. The Hall–Kier alpha value is -3.67. The van der Waals surface area contributed by atoms with Gasteiger partial charge in [-0.1, -0.05) is 36.4 Å². The van der Waals surface area contributed by atoms with Gasteiger partial charge in [0.1, 0.15) is 0 Å². The van der Waals surface area contributed by atoms with Gasteiger partial charge in [-0.3, -0.25) is 9.59 Å². The summed E-state index contributed by atoms with van der Waals surface area (Å²) in [7, 11) is 0. The van der Waals surface area contributed by atoms with E-state index < -0.39 is 0 Å². The lowest BCUT2D eigenvalue weighted by Gasteiger charge is -2.10. The first-order valence-corrected chi connectivity index (χ1v) is 10.1. The minimum Gasteiger partial charge on any atom is -0.349 e. The molecule has 3 aromatic rings. The fourth-order valence-electron chi connectivity index (χ4n) is 3.12. The molecular weight excluding hydrogens is 376 g/mol. The van der Waals surface area contributed by atoms with Crippen LogP contribution in [-0.4, -0.2) is 27.4 Å². The van der Waals surface area contributed by atoms with Crippen molar-refractivity contribution in [3.63, 3.8) is 0 Å². The largest absolute Gasteiger partial charge is 0.349 e. The van der Waals surface area contributed by atoms with Crippen LogP contribution in [0.2, 0.25) is 0 Å². The molecule has 1 aliphatic carbocycles. The van der Waals surface area contributed by atoms with Crippen molar-refractivity contribution in [2.75, 3.05) is 0 Å². The predicted molar refractivity (Wildman–Crippen MR) is 116 cm³/mol. The Balaban J connectivity index is 1.30. The molecule has 4 rings (SSSR count). The number of nitrogens with zero attached hydrogens (tertiary/aromatic N) is 2. The molecule has 0 unspecified atom stereocenters. The second-order valence-electron chi connectivity index (χ2n) is 7.42. The monoisotopic (exact) mass is 400 g/mol. The average Bonchev–Trinajstić information content (AvgIpc) is 3.43. The number of aromatic nitrogens is 2. The number of hydrogen-bond donors (Lipinski definition) is 2. The number of benzene rings is 2. The lowest BCUT2D eigenvalue weighted by Crippen LogP contribution is -2.25. The van der Waals surface area contributed by atoms with Crippen LogP contribution in [0.5, 0.6) is 0 Å². The van der Waals surface area contributed by atoms with Gasteiger partial charge in [-0.25, -0.2) is 4.98 Å². The molecule has 6 nitrogen and oxygen atoms in total. The van der Waals surface area contributed by atoms with Gasteiger partial charge in [-0.15, -0.1) is 0 Å². The maximum absolute atomic E-state index is 12.2. The Morgan fingerprint density at radius 2 is 1.83 bits per heavy atom. The van der Waals surface area contributed by atoms with E-state index in [9.17, 15) is 9.59 Å². The van der Waals surface area contributed by atoms with Gasteiger partial charge in [-0.05, 0) is 47.7 Å². The molecule has 0 bridgehead atoms. The summed E-state index contributed by atoms with van der Waals surface area (Å²) < 4.78 is 2.00. The minimum atomic E-state index is -0.164. The third kappa shape index (κ3) is 5.44. The first kappa shape index (κ1) is 19.6. The van der Waals surface area contributed by atoms with Gasteiger partial charge >= 0.3 is 0 Å². The molecule has 0 aliphatic heterocycles. The van der Waals surface area contributed by atoms with Crippen LogP contribution >= 0.6 is 0 Å². The van der Waals surface area contributed by atoms with Crippen LogP contribution in [0.25, 0.3) is 6.08 Å². The molecule has 30 heavy (non-hydrogen) atoms. The van der Waals surface area contributed by atoms with Crippen LogP contribution < -0.4 is 10.6 Å². The average molecular weight is 400 g/mol. The molecule has 0 spiro atoms. The SMILES string of the molecule is O=C(/C=C/c1ccc(C(=O)NC2CC2)cc1)NCc1ccccc1Cn1ccnc1. The molecule has 0 atom stereocenters. The summed E-state index contributed by atoms with van der Waals surface area (Å²) in [4.78, 5) is 28.3. The highest BCUT2D eigenvalue weighted by Gasteiger charge is 2.23. The van der Waals surface area contributed by atoms with Crippen LogP contribution in [0.1, 0.15) is 39.9 Å². The maximum Gasteiger partial charge on any atom is 0.251 e. The first-order chi connectivity index (χ1) is 14.7. The van der Waals surface area contributed by atoms with E-state index in [-0.39, 0.29) is 11.8 Å². The molecule has 1 aromatic heterocycles. The summed E-state index contributed by atoms with van der Waals surface area (Å²) in [6.45, 7) is 1.16. The van der Waals surface area contributed by atoms with Crippen molar-refractivity contribution >= 4 is 17.9 Å². The Morgan fingerprint density at radius 3 is 2.53 bits per heavy atom. The number of amides is 2. The molecule has 1 aliphatic rings. The molecular formula is C24H24N4O2. The highest BCUT2D eigenvalue weighted by atomic mass is 16.2. The summed E-state index contributed by atoms with van der Waals surface area (Å²) in [6.07, 6.45) is 10.8. The van der Waals surface area contributed by atoms with Crippen molar-refractivity contribution in [1.29, 1.82) is 0 Å². The van der Waals surface area contributed by atoms with Crippen LogP contribution in [0.3, 0.4) is 0 Å². The van der Waals surface area contributed by atoms with Crippen molar-refractivity contribution in [2.45, 2.75) is 32.0 Å². The number of nitrogens with one attached hydrogen (secondary N) is 2. The summed E-state index contributed by atoms with van der Waals surface area (Å²) in [6, 6.07) is 15.6. The molecule has 1 saturated carbocycles. The standard InChI is InChI=1S/C24H24N4O2/c29-23(12-7-18-5-8-19(9-6-18)24(30)27-22-10-11-22)26-15-20-3-1-2-4-21(20)16-28-14-13-25-17-28/h1-9,12-14,17,22H,10-11,15-16H2,(H,26,29)(H,27,30)/b12-7+. The number of hydrogen-bond acceptors (Lipinski definition) is 3. The van der Waals surface area contributed by atoms with E-state index >= 15 is 0 Å². The van der Waals surface area contributed by atoms with Crippen LogP contribution in [0.15, 0.2) is 73.3 Å². The molecule has 1 fully saturated rings. The number of carbonyl (C=O) groups excluding carboxylic acids is 2. The topological polar surface area (TPSA) is 76.0 Å². The predicted octanol–water partition coefficient (Wildman–Crippen LogP) is 3.15. The Kier molecular flexibility index (Phi) is 6.03. The minimum absolute atomic E-state index is 0.0415. The molecule has 2 amide bonds. The first-order valence-electron chi connectivity index (χ1n) is 10.1. The van der Waals surface area contributed by atoms with Gasteiger partial charge in [-0.2, -0.15) is 0 Å². The molecule has 0 saturated heterocycles. The van der Waals surface area contributed by atoms with E-state index in [1.807, 2.05) is 41.1 Å². The van der Waals surface area contributed by atoms with Gasteiger partial charge in [0, 0.05) is 43.2 Å². The second kappa shape index (κ2) is 9.22. The van der Waals surface area contributed by atoms with E-state index in [0.29, 0.717) is 24.7 Å². The fraction of sp³-hybridized carbons (Fsp3) is 0.208. The van der Waals surface area contributed by atoms with Crippen molar-refractivity contribution in [1.82, 2.24) is 20.2 Å². The molecule has 152 valence electrons. The number of carbonyl (C=O) groups is 2. The zero-order valence-electron chi connectivity index (χ0n) is 16.6. The van der Waals surface area contributed by atoms with Crippen molar-refractivity contribution in [3.05, 3.63) is 95.6 Å². The molecule has 2 N–H and O–H groups in total. The molecule has 1 heterocycles. The second-order valence-corrected chi connectivity index (χ2v) is 7.42. The van der Waals surface area contributed by atoms with Gasteiger partial charge in [0.05, 0.1) is 6.33 Å². The van der Waals surface area contributed by atoms with E-state index in [2.05, 4.69) is 21.7 Å². The zero-order chi connectivity index (χ0) is 20.8. The molecule has 0 radical (unpaired) electrons. The smallest absolute Gasteiger partial charge is 0.251 e. The number of imidazole rings is 1. The summed E-state index contributed by atoms with van der Waals surface area (Å²) >= 11 is 0. The summed E-state index contributed by atoms with van der Waals surface area (Å²) in [5.41, 5.74) is 3.71. The molecule has 6 heteroatoms. The van der Waals surface area contributed by atoms with Crippen LogP contribution in [-0.2, 0) is 17.9 Å². The summed E-state index contributed by atoms with van der Waals surface area (Å²) in [5.74, 6) is -0.205. The van der Waals surface area contributed by atoms with E-state index in [1.165, 1.54) is 6.08 Å². The van der Waals surface area contributed by atoms with E-state index in [0.717, 1.165) is 29.5 Å². The molecule has 2 aromatic carbocycles. The van der Waals surface area contributed by atoms with E-state index in [4.69, 9.17) is 0 Å². The Morgan fingerprint density at radius 1 is 1.07 bits per heavy atom. The maximum atomic E-state index is 12.2. The fourth-order valence-corrected chi connectivity index (χ4v) is 3.12. The van der Waals surface area contributed by atoms with Crippen molar-refractivity contribution < 1.29 is 9.59 Å². The number of rotatable bonds is 8. The highest BCUT2D eigenvalue weighted by Crippen LogP contribution is 2.19. The Bertz CT molecular complexity index is 1040. The van der Waals surface area contributed by atoms with Gasteiger partial charge in [0.2, 0.25) is 5.91 Å². The van der Waals surface area contributed by atoms with Crippen LogP contribution in [0, 0.1) is 0 Å². The summed E-state index contributed by atoms with van der Waals surface area (Å²) in [5, 5.41) is 5.90. The van der Waals surface area contributed by atoms with E-state index in [1.54, 1.807) is 30.7 Å². The lowest BCUT2D eigenvalue weighted by atomic mass is 10.1.